The Balaban J connectivity index is 2.04. The van der Waals surface area contributed by atoms with Crippen molar-refractivity contribution >= 4 is 5.91 Å². The molecule has 0 aromatic heterocycles. The molecule has 1 heterocycles. The molecule has 1 aliphatic heterocycles. The van der Waals surface area contributed by atoms with Gasteiger partial charge in [0.25, 0.3) is 5.91 Å². The number of nitrogens with one attached hydrogen (secondary N) is 1. The number of morpholine rings is 1. The Kier molecular flexibility index (Phi) is 4.93. The topological polar surface area (TPSA) is 67.6 Å². The van der Waals surface area contributed by atoms with E-state index in [1.807, 2.05) is 12.1 Å². The number of hydrogen-bond acceptors (Lipinski definition) is 4. The molecule has 1 aromatic rings. The molecule has 0 radical (unpaired) electrons. The minimum absolute atomic E-state index is 0.323. The van der Waals surface area contributed by atoms with E-state index in [-0.39, 0.29) is 5.91 Å². The highest BCUT2D eigenvalue weighted by molar-refractivity contribution is 5.96. The molecule has 1 saturated heterocycles. The highest BCUT2D eigenvalue weighted by atomic mass is 16.5. The number of benzene rings is 1. The number of ether oxygens (including phenoxy) is 1. The van der Waals surface area contributed by atoms with Crippen LogP contribution >= 0.6 is 0 Å². The average Bonchev–Trinajstić information content (AvgIpc) is 2.48. The first-order valence-corrected chi connectivity index (χ1v) is 6.20. The SMILES string of the molecule is NNC(=O)c1ccccc1C#CCN1CCOCC1. The van der Waals surface area contributed by atoms with Crippen LogP contribution in [0.5, 0.6) is 0 Å². The third-order valence-corrected chi connectivity index (χ3v) is 2.93. The first kappa shape index (κ1) is 13.6. The third-order valence-electron chi connectivity index (χ3n) is 2.93. The van der Waals surface area contributed by atoms with E-state index in [2.05, 4.69) is 22.2 Å². The van der Waals surface area contributed by atoms with Gasteiger partial charge in [-0.3, -0.25) is 15.1 Å². The first-order chi connectivity index (χ1) is 9.31. The van der Waals surface area contributed by atoms with Gasteiger partial charge >= 0.3 is 0 Å². The fourth-order valence-corrected chi connectivity index (χ4v) is 1.87. The van der Waals surface area contributed by atoms with Gasteiger partial charge in [-0.25, -0.2) is 5.84 Å². The standard InChI is InChI=1S/C14H17N3O2/c15-16-14(18)13-6-2-1-4-12(13)5-3-7-17-8-10-19-11-9-17/h1-2,4,6H,7-11,15H2,(H,16,18). The van der Waals surface area contributed by atoms with Gasteiger partial charge in [-0.2, -0.15) is 0 Å². The third kappa shape index (κ3) is 3.80. The van der Waals surface area contributed by atoms with Crippen LogP contribution in [0.25, 0.3) is 0 Å². The second-order valence-electron chi connectivity index (χ2n) is 4.21. The molecule has 1 aromatic carbocycles. The Hall–Kier alpha value is -1.87. The summed E-state index contributed by atoms with van der Waals surface area (Å²) >= 11 is 0. The fraction of sp³-hybridized carbons (Fsp3) is 0.357. The molecule has 5 heteroatoms. The molecular weight excluding hydrogens is 242 g/mol. The van der Waals surface area contributed by atoms with E-state index >= 15 is 0 Å². The number of nitrogen functional groups attached to an aromatic ring is 1. The number of nitrogens with two attached hydrogens (primary N) is 1. The van der Waals surface area contributed by atoms with Crippen LogP contribution in [0.15, 0.2) is 24.3 Å². The number of amides is 1. The van der Waals surface area contributed by atoms with E-state index in [0.717, 1.165) is 26.3 Å². The zero-order valence-corrected chi connectivity index (χ0v) is 10.7. The van der Waals surface area contributed by atoms with Gasteiger partial charge in [0.15, 0.2) is 0 Å². The lowest BCUT2D eigenvalue weighted by molar-refractivity contribution is 0.0443. The number of nitrogens with zero attached hydrogens (tertiary/aromatic N) is 1. The van der Waals surface area contributed by atoms with E-state index < -0.39 is 0 Å². The summed E-state index contributed by atoms with van der Waals surface area (Å²) in [5.74, 6) is 10.9. The Bertz CT molecular complexity index is 499. The minimum Gasteiger partial charge on any atom is -0.379 e. The Morgan fingerprint density at radius 2 is 2.11 bits per heavy atom. The summed E-state index contributed by atoms with van der Waals surface area (Å²) in [5.41, 5.74) is 3.32. The van der Waals surface area contributed by atoms with Gasteiger partial charge in [-0.05, 0) is 12.1 Å². The molecule has 0 atom stereocenters. The molecule has 2 rings (SSSR count). The summed E-state index contributed by atoms with van der Waals surface area (Å²) in [6.45, 7) is 4.00. The summed E-state index contributed by atoms with van der Waals surface area (Å²) in [6, 6.07) is 7.17. The predicted octanol–water partition coefficient (Wildman–Crippen LogP) is -0.0262. The van der Waals surface area contributed by atoms with Crippen molar-refractivity contribution in [3.8, 4) is 11.8 Å². The van der Waals surface area contributed by atoms with Crippen LogP contribution in [-0.4, -0.2) is 43.7 Å². The van der Waals surface area contributed by atoms with Crippen LogP contribution in [0, 0.1) is 11.8 Å². The van der Waals surface area contributed by atoms with Crippen molar-refractivity contribution in [2.45, 2.75) is 0 Å². The maximum Gasteiger partial charge on any atom is 0.266 e. The van der Waals surface area contributed by atoms with Gasteiger partial charge in [-0.1, -0.05) is 24.0 Å². The van der Waals surface area contributed by atoms with Crippen LogP contribution in [0.1, 0.15) is 15.9 Å². The first-order valence-electron chi connectivity index (χ1n) is 6.20. The molecule has 0 saturated carbocycles. The van der Waals surface area contributed by atoms with E-state index in [0.29, 0.717) is 17.7 Å². The van der Waals surface area contributed by atoms with E-state index in [9.17, 15) is 4.79 Å². The normalized spacial score (nSPS) is 15.4. The largest absolute Gasteiger partial charge is 0.379 e. The lowest BCUT2D eigenvalue weighted by Crippen LogP contribution is -2.36. The Labute approximate surface area is 112 Å². The second-order valence-corrected chi connectivity index (χ2v) is 4.21. The van der Waals surface area contributed by atoms with Crippen molar-refractivity contribution < 1.29 is 9.53 Å². The Morgan fingerprint density at radius 3 is 2.84 bits per heavy atom. The molecule has 0 spiro atoms. The fourth-order valence-electron chi connectivity index (χ4n) is 1.87. The van der Waals surface area contributed by atoms with Crippen LogP contribution in [-0.2, 0) is 4.74 Å². The molecule has 0 aliphatic carbocycles. The smallest absolute Gasteiger partial charge is 0.266 e. The molecule has 3 N–H and O–H groups in total. The summed E-state index contributed by atoms with van der Waals surface area (Å²) < 4.78 is 5.27. The van der Waals surface area contributed by atoms with Crippen molar-refractivity contribution in [1.82, 2.24) is 10.3 Å². The zero-order valence-electron chi connectivity index (χ0n) is 10.7. The monoisotopic (exact) mass is 259 g/mol. The van der Waals surface area contributed by atoms with Gasteiger partial charge in [0.05, 0.1) is 25.3 Å². The summed E-state index contributed by atoms with van der Waals surface area (Å²) in [5, 5.41) is 0. The number of hydrazine groups is 1. The van der Waals surface area contributed by atoms with Crippen molar-refractivity contribution in [3.05, 3.63) is 35.4 Å². The quantitative estimate of drug-likeness (QED) is 0.339. The van der Waals surface area contributed by atoms with Crippen LogP contribution in [0.3, 0.4) is 0 Å². The lowest BCUT2D eigenvalue weighted by Gasteiger charge is -2.24. The maximum atomic E-state index is 11.6. The lowest BCUT2D eigenvalue weighted by atomic mass is 10.1. The highest BCUT2D eigenvalue weighted by Gasteiger charge is 2.09. The van der Waals surface area contributed by atoms with E-state index in [1.54, 1.807) is 12.1 Å². The predicted molar refractivity (Wildman–Crippen MR) is 72.2 cm³/mol. The molecule has 1 fully saturated rings. The molecule has 1 aliphatic rings. The summed E-state index contributed by atoms with van der Waals surface area (Å²) in [7, 11) is 0. The van der Waals surface area contributed by atoms with Crippen molar-refractivity contribution in [2.24, 2.45) is 5.84 Å². The van der Waals surface area contributed by atoms with Gasteiger partial charge < -0.3 is 4.74 Å². The van der Waals surface area contributed by atoms with Crippen LogP contribution in [0.2, 0.25) is 0 Å². The molecule has 100 valence electrons. The second kappa shape index (κ2) is 6.90. The summed E-state index contributed by atoms with van der Waals surface area (Å²) in [4.78, 5) is 13.8. The van der Waals surface area contributed by atoms with Crippen molar-refractivity contribution in [1.29, 1.82) is 0 Å². The molecule has 0 bridgehead atoms. The molecule has 19 heavy (non-hydrogen) atoms. The van der Waals surface area contributed by atoms with Gasteiger partial charge in [0, 0.05) is 18.7 Å². The molecule has 5 nitrogen and oxygen atoms in total. The zero-order chi connectivity index (χ0) is 13.5. The average molecular weight is 259 g/mol. The van der Waals surface area contributed by atoms with Crippen molar-refractivity contribution in [2.75, 3.05) is 32.8 Å². The van der Waals surface area contributed by atoms with Gasteiger partial charge in [0.1, 0.15) is 0 Å². The Morgan fingerprint density at radius 1 is 1.37 bits per heavy atom. The number of rotatable bonds is 2. The number of hydrogen-bond donors (Lipinski definition) is 2. The van der Waals surface area contributed by atoms with E-state index in [4.69, 9.17) is 10.6 Å². The van der Waals surface area contributed by atoms with Crippen LogP contribution < -0.4 is 11.3 Å². The molecule has 0 unspecified atom stereocenters. The maximum absolute atomic E-state index is 11.6. The van der Waals surface area contributed by atoms with Crippen molar-refractivity contribution in [3.63, 3.8) is 0 Å². The number of carbonyl (C=O) groups excluding carboxylic acids is 1. The van der Waals surface area contributed by atoms with E-state index in [1.165, 1.54) is 0 Å². The van der Waals surface area contributed by atoms with Crippen LogP contribution in [0.4, 0.5) is 0 Å². The number of carbonyl (C=O) groups is 1. The minimum atomic E-state index is -0.323. The molecule has 1 amide bonds. The van der Waals surface area contributed by atoms with Gasteiger partial charge in [-0.15, -0.1) is 0 Å². The van der Waals surface area contributed by atoms with Gasteiger partial charge in [0.2, 0.25) is 0 Å². The highest BCUT2D eigenvalue weighted by Crippen LogP contribution is 2.06. The molecular formula is C14H17N3O2. The summed E-state index contributed by atoms with van der Waals surface area (Å²) in [6.07, 6.45) is 0.